The van der Waals surface area contributed by atoms with Crippen LogP contribution >= 0.6 is 0 Å². The Labute approximate surface area is 217 Å². The molecule has 5 rings (SSSR count). The fourth-order valence-corrected chi connectivity index (χ4v) is 4.71. The van der Waals surface area contributed by atoms with E-state index in [4.69, 9.17) is 9.47 Å². The van der Waals surface area contributed by atoms with Gasteiger partial charge in [-0.3, -0.25) is 9.78 Å². The molecule has 0 spiro atoms. The third-order valence-corrected chi connectivity index (χ3v) is 6.71. The monoisotopic (exact) mass is 496 g/mol. The molecule has 190 valence electrons. The second-order valence-electron chi connectivity index (χ2n) is 9.43. The molecule has 37 heavy (non-hydrogen) atoms. The number of pyridine rings is 1. The maximum Gasteiger partial charge on any atom is 0.251 e. The number of aryl methyl sites for hydroxylation is 1. The van der Waals surface area contributed by atoms with Crippen molar-refractivity contribution in [3.8, 4) is 22.6 Å². The van der Waals surface area contributed by atoms with Crippen LogP contribution in [0.25, 0.3) is 22.0 Å². The number of nitrogens with one attached hydrogen (secondary N) is 1. The summed E-state index contributed by atoms with van der Waals surface area (Å²) in [7, 11) is 0. The number of carbonyl (C=O) groups excluding carboxylic acids is 1. The Morgan fingerprint density at radius 2 is 1.95 bits per heavy atom. The number of ether oxygens (including phenoxy) is 2. The van der Waals surface area contributed by atoms with Crippen molar-refractivity contribution < 1.29 is 19.4 Å². The highest BCUT2D eigenvalue weighted by Gasteiger charge is 2.18. The quantitative estimate of drug-likeness (QED) is 0.281. The lowest BCUT2D eigenvalue weighted by atomic mass is 9.99. The first-order chi connectivity index (χ1) is 18.2. The maximum atomic E-state index is 13.0. The number of aromatic nitrogens is 1. The molecule has 6 heteroatoms. The predicted octanol–water partition coefficient (Wildman–Crippen LogP) is 5.92. The van der Waals surface area contributed by atoms with Crippen LogP contribution < -0.4 is 10.1 Å². The van der Waals surface area contributed by atoms with Crippen molar-refractivity contribution in [2.45, 2.75) is 38.2 Å². The number of phenolic OH excluding ortho intramolecular Hbond substituents is 1. The van der Waals surface area contributed by atoms with Crippen molar-refractivity contribution >= 4 is 16.8 Å². The second-order valence-corrected chi connectivity index (χ2v) is 9.43. The lowest BCUT2D eigenvalue weighted by Gasteiger charge is -2.23. The number of amides is 1. The summed E-state index contributed by atoms with van der Waals surface area (Å²) >= 11 is 0. The number of hydrogen-bond donors (Lipinski definition) is 2. The molecule has 1 atom stereocenters. The van der Waals surface area contributed by atoms with Gasteiger partial charge < -0.3 is 19.9 Å². The first-order valence-electron chi connectivity index (χ1n) is 13.0. The summed E-state index contributed by atoms with van der Waals surface area (Å²) in [4.78, 5) is 17.3. The Balaban J connectivity index is 1.36. The van der Waals surface area contributed by atoms with Gasteiger partial charge in [0.25, 0.3) is 5.91 Å². The van der Waals surface area contributed by atoms with Crippen molar-refractivity contribution in [3.05, 3.63) is 90.1 Å². The van der Waals surface area contributed by atoms with E-state index in [9.17, 15) is 9.90 Å². The molecule has 0 bridgehead atoms. The van der Waals surface area contributed by atoms with Gasteiger partial charge in [0.15, 0.2) is 0 Å². The lowest BCUT2D eigenvalue weighted by Crippen LogP contribution is -2.26. The minimum Gasteiger partial charge on any atom is -0.506 e. The van der Waals surface area contributed by atoms with E-state index in [1.807, 2.05) is 48.5 Å². The van der Waals surface area contributed by atoms with Gasteiger partial charge in [-0.1, -0.05) is 36.4 Å². The van der Waals surface area contributed by atoms with Crippen molar-refractivity contribution in [2.24, 2.45) is 0 Å². The van der Waals surface area contributed by atoms with E-state index in [-0.39, 0.29) is 17.8 Å². The van der Waals surface area contributed by atoms with E-state index in [1.165, 1.54) is 5.56 Å². The van der Waals surface area contributed by atoms with Gasteiger partial charge in [0.05, 0.1) is 6.10 Å². The number of benzene rings is 3. The van der Waals surface area contributed by atoms with Gasteiger partial charge in [0, 0.05) is 35.9 Å². The number of carbonyl (C=O) groups is 1. The van der Waals surface area contributed by atoms with Gasteiger partial charge in [-0.15, -0.1) is 0 Å². The molecule has 1 aliphatic rings. The molecule has 2 heterocycles. The predicted molar refractivity (Wildman–Crippen MR) is 145 cm³/mol. The van der Waals surface area contributed by atoms with Crippen molar-refractivity contribution in [1.29, 1.82) is 0 Å². The molecule has 1 saturated heterocycles. The smallest absolute Gasteiger partial charge is 0.251 e. The second kappa shape index (κ2) is 11.9. The summed E-state index contributed by atoms with van der Waals surface area (Å²) in [6.07, 6.45) is 6.67. The summed E-state index contributed by atoms with van der Waals surface area (Å²) in [6.45, 7) is 1.79. The van der Waals surface area contributed by atoms with Gasteiger partial charge in [0.1, 0.15) is 23.6 Å². The minimum absolute atomic E-state index is 0.0587. The molecule has 1 aromatic heterocycles. The number of rotatable bonds is 9. The van der Waals surface area contributed by atoms with Gasteiger partial charge in [-0.25, -0.2) is 0 Å². The van der Waals surface area contributed by atoms with E-state index in [0.717, 1.165) is 55.2 Å². The normalized spacial score (nSPS) is 15.4. The van der Waals surface area contributed by atoms with Crippen molar-refractivity contribution in [3.63, 3.8) is 0 Å². The van der Waals surface area contributed by atoms with Gasteiger partial charge in [-0.05, 0) is 79.6 Å². The molecule has 0 saturated carbocycles. The third-order valence-electron chi connectivity index (χ3n) is 6.71. The first-order valence-corrected chi connectivity index (χ1v) is 13.0. The molecular weight excluding hydrogens is 464 g/mol. The summed E-state index contributed by atoms with van der Waals surface area (Å²) in [6, 6.07) is 23.1. The van der Waals surface area contributed by atoms with Crippen LogP contribution in [0, 0.1) is 0 Å². The zero-order valence-corrected chi connectivity index (χ0v) is 20.9. The third kappa shape index (κ3) is 6.27. The minimum atomic E-state index is -0.136. The lowest BCUT2D eigenvalue weighted by molar-refractivity contribution is -0.0109. The van der Waals surface area contributed by atoms with Crippen LogP contribution in [0.4, 0.5) is 0 Å². The zero-order chi connectivity index (χ0) is 25.5. The highest BCUT2D eigenvalue weighted by molar-refractivity contribution is 5.97. The van der Waals surface area contributed by atoms with Crippen LogP contribution in [-0.2, 0) is 11.2 Å². The van der Waals surface area contributed by atoms with Crippen LogP contribution in [0.2, 0.25) is 0 Å². The molecule has 4 aromatic rings. The van der Waals surface area contributed by atoms with Gasteiger partial charge >= 0.3 is 0 Å². The largest absolute Gasteiger partial charge is 0.506 e. The highest BCUT2D eigenvalue weighted by Crippen LogP contribution is 2.36. The molecule has 1 amide bonds. The number of aromatic hydroxyl groups is 1. The summed E-state index contributed by atoms with van der Waals surface area (Å²) in [5.74, 6) is 0.603. The molecule has 2 N–H and O–H groups in total. The molecular formula is C31H32N2O4. The van der Waals surface area contributed by atoms with Crippen LogP contribution in [0.3, 0.4) is 0 Å². The average molecular weight is 497 g/mol. The van der Waals surface area contributed by atoms with Gasteiger partial charge in [-0.2, -0.15) is 0 Å². The summed E-state index contributed by atoms with van der Waals surface area (Å²) in [5, 5.41) is 14.5. The molecule has 6 nitrogen and oxygen atoms in total. The number of phenols is 1. The van der Waals surface area contributed by atoms with Gasteiger partial charge in [0.2, 0.25) is 0 Å². The molecule has 1 aliphatic heterocycles. The number of nitrogens with zero attached hydrogens (tertiary/aromatic N) is 1. The topological polar surface area (TPSA) is 80.7 Å². The van der Waals surface area contributed by atoms with Crippen molar-refractivity contribution in [1.82, 2.24) is 10.3 Å². The van der Waals surface area contributed by atoms with E-state index >= 15 is 0 Å². The Morgan fingerprint density at radius 1 is 1.05 bits per heavy atom. The number of fused-ring (bicyclic) bond motifs is 1. The van der Waals surface area contributed by atoms with Crippen LogP contribution in [0.1, 0.15) is 41.6 Å². The molecule has 0 aliphatic carbocycles. The Morgan fingerprint density at radius 3 is 2.78 bits per heavy atom. The van der Waals surface area contributed by atoms with E-state index in [2.05, 4.69) is 22.4 Å². The zero-order valence-electron chi connectivity index (χ0n) is 20.9. The van der Waals surface area contributed by atoms with Crippen molar-refractivity contribution in [2.75, 3.05) is 19.8 Å². The SMILES string of the molecule is O=C(NCCCc1ccccc1)c1ccc(OCC2CCCCO2)c(-c2cc(O)c3ncccc3c2)c1. The standard InChI is InChI=1S/C31H32N2O4/c34-28-20-25(18-23-11-7-15-32-30(23)28)27-19-24(13-14-29(27)37-21-26-12-4-5-17-36-26)31(35)33-16-6-10-22-8-2-1-3-9-22/h1-3,7-9,11,13-15,18-20,26,34H,4-6,10,12,16-17,21H2,(H,33,35). The number of hydrogen-bond acceptors (Lipinski definition) is 5. The van der Waals surface area contributed by atoms with E-state index < -0.39 is 0 Å². The Hall–Kier alpha value is -3.90. The molecule has 1 fully saturated rings. The van der Waals surface area contributed by atoms with Crippen LogP contribution in [0.5, 0.6) is 11.5 Å². The highest BCUT2D eigenvalue weighted by atomic mass is 16.5. The maximum absolute atomic E-state index is 13.0. The fourth-order valence-electron chi connectivity index (χ4n) is 4.71. The van der Waals surface area contributed by atoms with Crippen LogP contribution in [-0.4, -0.2) is 41.9 Å². The molecule has 3 aromatic carbocycles. The van der Waals surface area contributed by atoms with Crippen LogP contribution in [0.15, 0.2) is 79.0 Å². The molecule has 0 radical (unpaired) electrons. The first kappa shape index (κ1) is 24.8. The Kier molecular flexibility index (Phi) is 7.96. The summed E-state index contributed by atoms with van der Waals surface area (Å²) < 4.78 is 12.0. The Bertz CT molecular complexity index is 1350. The van der Waals surface area contributed by atoms with E-state index in [0.29, 0.717) is 30.0 Å². The average Bonchev–Trinajstić information content (AvgIpc) is 2.95. The molecule has 1 unspecified atom stereocenters. The van der Waals surface area contributed by atoms with E-state index in [1.54, 1.807) is 18.3 Å². The fraction of sp³-hybridized carbons (Fsp3) is 0.290. The summed E-state index contributed by atoms with van der Waals surface area (Å²) in [5.41, 5.74) is 3.84.